The quantitative estimate of drug-likeness (QED) is 0.462. The number of esters is 1. The molecule has 0 aliphatic heterocycles. The van der Waals surface area contributed by atoms with Gasteiger partial charge in [-0.15, -0.1) is 11.3 Å². The number of amides is 2. The van der Waals surface area contributed by atoms with Crippen LogP contribution in [0.1, 0.15) is 39.8 Å². The first kappa shape index (κ1) is 21.9. The highest BCUT2D eigenvalue weighted by Gasteiger charge is 2.13. The molecular formula is C21H20N4O5S. The number of hydrogen-bond acceptors (Lipinski definition) is 7. The number of aryl methyl sites for hydroxylation is 1. The number of carbonyl (C=O) groups excluding carboxylic acids is 3. The van der Waals surface area contributed by atoms with Gasteiger partial charge in [0.1, 0.15) is 5.56 Å². The lowest BCUT2D eigenvalue weighted by Crippen LogP contribution is -2.22. The fourth-order valence-electron chi connectivity index (χ4n) is 2.61. The van der Waals surface area contributed by atoms with E-state index in [4.69, 9.17) is 4.74 Å². The molecule has 0 saturated heterocycles. The zero-order valence-corrected chi connectivity index (χ0v) is 17.5. The Morgan fingerprint density at radius 1 is 1.13 bits per heavy atom. The van der Waals surface area contributed by atoms with E-state index in [-0.39, 0.29) is 17.9 Å². The summed E-state index contributed by atoms with van der Waals surface area (Å²) in [5, 5.41) is 7.42. The molecule has 0 bridgehead atoms. The van der Waals surface area contributed by atoms with Crippen molar-refractivity contribution in [1.82, 2.24) is 9.97 Å². The first-order chi connectivity index (χ1) is 15.0. The Morgan fingerprint density at radius 3 is 2.61 bits per heavy atom. The standard InChI is InChI=1S/C21H20N4O5S/c1-2-30-20(29)13-5-7-14(8-6-13)23-17(26)10-9-15-12-31-21(24-15)25-19(28)16-4-3-11-22-18(16)27/h3-8,11-12H,2,9-10H2,1H3,(H,22,27)(H,23,26)(H,24,25,28). The predicted octanol–water partition coefficient (Wildman–Crippen LogP) is 2.83. The Morgan fingerprint density at radius 2 is 1.90 bits per heavy atom. The average Bonchev–Trinajstić information content (AvgIpc) is 3.20. The normalized spacial score (nSPS) is 10.4. The van der Waals surface area contributed by atoms with Crippen LogP contribution in [0, 0.1) is 0 Å². The molecule has 0 saturated carbocycles. The molecule has 2 aromatic heterocycles. The minimum absolute atomic E-state index is 0.00685. The summed E-state index contributed by atoms with van der Waals surface area (Å²) < 4.78 is 4.92. The first-order valence-corrected chi connectivity index (χ1v) is 10.3. The van der Waals surface area contributed by atoms with Crippen LogP contribution in [0.4, 0.5) is 10.8 Å². The molecule has 9 nitrogen and oxygen atoms in total. The highest BCUT2D eigenvalue weighted by atomic mass is 32.1. The van der Waals surface area contributed by atoms with Gasteiger partial charge in [0.05, 0.1) is 17.9 Å². The molecule has 1 aromatic carbocycles. The van der Waals surface area contributed by atoms with Gasteiger partial charge < -0.3 is 15.0 Å². The monoisotopic (exact) mass is 440 g/mol. The lowest BCUT2D eigenvalue weighted by molar-refractivity contribution is -0.116. The predicted molar refractivity (Wildman–Crippen MR) is 116 cm³/mol. The molecule has 0 atom stereocenters. The Kier molecular flexibility index (Phi) is 7.28. The highest BCUT2D eigenvalue weighted by Crippen LogP contribution is 2.18. The number of H-pyrrole nitrogens is 1. The third-order valence-electron chi connectivity index (χ3n) is 4.12. The number of rotatable bonds is 8. The first-order valence-electron chi connectivity index (χ1n) is 9.46. The maximum atomic E-state index is 12.2. The van der Waals surface area contributed by atoms with Crippen LogP contribution in [0.5, 0.6) is 0 Å². The van der Waals surface area contributed by atoms with Crippen LogP contribution in [0.15, 0.2) is 52.8 Å². The summed E-state index contributed by atoms with van der Waals surface area (Å²) in [6.45, 7) is 2.03. The topological polar surface area (TPSA) is 130 Å². The minimum atomic E-state index is -0.549. The second kappa shape index (κ2) is 10.3. The van der Waals surface area contributed by atoms with Gasteiger partial charge in [0, 0.05) is 23.7 Å². The number of pyridine rings is 1. The minimum Gasteiger partial charge on any atom is -0.462 e. The summed E-state index contributed by atoms with van der Waals surface area (Å²) in [4.78, 5) is 54.4. The third-order valence-corrected chi connectivity index (χ3v) is 4.93. The van der Waals surface area contributed by atoms with Gasteiger partial charge in [-0.05, 0) is 49.7 Å². The van der Waals surface area contributed by atoms with E-state index in [0.29, 0.717) is 35.1 Å². The average molecular weight is 440 g/mol. The second-order valence-corrected chi connectivity index (χ2v) is 7.22. The molecule has 3 rings (SSSR count). The van der Waals surface area contributed by atoms with E-state index in [1.807, 2.05) is 0 Å². The largest absolute Gasteiger partial charge is 0.462 e. The van der Waals surface area contributed by atoms with E-state index in [9.17, 15) is 19.2 Å². The van der Waals surface area contributed by atoms with Crippen molar-refractivity contribution in [2.45, 2.75) is 19.8 Å². The summed E-state index contributed by atoms with van der Waals surface area (Å²) in [6.07, 6.45) is 2.01. The molecular weight excluding hydrogens is 420 g/mol. The van der Waals surface area contributed by atoms with E-state index in [1.54, 1.807) is 42.6 Å². The van der Waals surface area contributed by atoms with Gasteiger partial charge in [-0.3, -0.25) is 19.7 Å². The SMILES string of the molecule is CCOC(=O)c1ccc(NC(=O)CCc2csc(NC(=O)c3ccc[nH]c3=O)n2)cc1. The summed E-state index contributed by atoms with van der Waals surface area (Å²) in [7, 11) is 0. The maximum absolute atomic E-state index is 12.2. The molecule has 0 spiro atoms. The van der Waals surface area contributed by atoms with Crippen LogP contribution in [0.25, 0.3) is 0 Å². The van der Waals surface area contributed by atoms with Gasteiger partial charge in [0.25, 0.3) is 11.5 Å². The Bertz CT molecular complexity index is 1140. The molecule has 0 radical (unpaired) electrons. The molecule has 160 valence electrons. The van der Waals surface area contributed by atoms with Crippen molar-refractivity contribution in [3.8, 4) is 0 Å². The molecule has 0 unspecified atom stereocenters. The lowest BCUT2D eigenvalue weighted by atomic mass is 10.2. The van der Waals surface area contributed by atoms with Crippen molar-refractivity contribution in [2.24, 2.45) is 0 Å². The number of anilines is 2. The lowest BCUT2D eigenvalue weighted by Gasteiger charge is -2.06. The van der Waals surface area contributed by atoms with Crippen molar-refractivity contribution >= 4 is 39.9 Å². The molecule has 3 N–H and O–H groups in total. The number of carbonyl (C=O) groups is 3. The van der Waals surface area contributed by atoms with Crippen molar-refractivity contribution in [3.63, 3.8) is 0 Å². The number of nitrogens with zero attached hydrogens (tertiary/aromatic N) is 1. The molecule has 0 aliphatic rings. The number of ether oxygens (including phenoxy) is 1. The number of hydrogen-bond donors (Lipinski definition) is 3. The summed E-state index contributed by atoms with van der Waals surface area (Å²) in [5.41, 5.74) is 1.14. The molecule has 0 fully saturated rings. The molecule has 31 heavy (non-hydrogen) atoms. The van der Waals surface area contributed by atoms with Gasteiger partial charge in [-0.1, -0.05) is 0 Å². The number of nitrogens with one attached hydrogen (secondary N) is 3. The fraction of sp³-hybridized carbons (Fsp3) is 0.190. The molecule has 0 aliphatic carbocycles. The second-order valence-electron chi connectivity index (χ2n) is 6.36. The summed E-state index contributed by atoms with van der Waals surface area (Å²) in [6, 6.07) is 9.42. The Labute approximate surface area is 181 Å². The van der Waals surface area contributed by atoms with Crippen LogP contribution in [-0.4, -0.2) is 34.4 Å². The number of aromatic nitrogens is 2. The van der Waals surface area contributed by atoms with Crippen LogP contribution in [0.2, 0.25) is 0 Å². The van der Waals surface area contributed by atoms with Gasteiger partial charge in [-0.25, -0.2) is 9.78 Å². The third kappa shape index (κ3) is 6.09. The Balaban J connectivity index is 1.49. The van der Waals surface area contributed by atoms with E-state index in [1.165, 1.54) is 23.6 Å². The van der Waals surface area contributed by atoms with Gasteiger partial charge >= 0.3 is 5.97 Å². The summed E-state index contributed by atoms with van der Waals surface area (Å²) >= 11 is 1.21. The van der Waals surface area contributed by atoms with E-state index >= 15 is 0 Å². The Hall–Kier alpha value is -3.79. The number of benzene rings is 1. The van der Waals surface area contributed by atoms with Gasteiger partial charge in [0.15, 0.2) is 5.13 Å². The number of thiazole rings is 1. The fourth-order valence-corrected chi connectivity index (χ4v) is 3.35. The zero-order chi connectivity index (χ0) is 22.2. The van der Waals surface area contributed by atoms with E-state index in [0.717, 1.165) is 0 Å². The van der Waals surface area contributed by atoms with Crippen LogP contribution in [0.3, 0.4) is 0 Å². The zero-order valence-electron chi connectivity index (χ0n) is 16.6. The molecule has 2 amide bonds. The van der Waals surface area contributed by atoms with Crippen molar-refractivity contribution in [3.05, 3.63) is 75.1 Å². The van der Waals surface area contributed by atoms with Crippen molar-refractivity contribution in [1.29, 1.82) is 0 Å². The van der Waals surface area contributed by atoms with E-state index in [2.05, 4.69) is 20.6 Å². The van der Waals surface area contributed by atoms with Crippen LogP contribution >= 0.6 is 11.3 Å². The molecule has 10 heteroatoms. The maximum Gasteiger partial charge on any atom is 0.338 e. The van der Waals surface area contributed by atoms with Gasteiger partial charge in [0.2, 0.25) is 5.91 Å². The molecule has 2 heterocycles. The van der Waals surface area contributed by atoms with Crippen molar-refractivity contribution in [2.75, 3.05) is 17.2 Å². The van der Waals surface area contributed by atoms with Crippen LogP contribution < -0.4 is 16.2 Å². The highest BCUT2D eigenvalue weighted by molar-refractivity contribution is 7.14. The summed E-state index contributed by atoms with van der Waals surface area (Å²) in [5.74, 6) is -1.17. The van der Waals surface area contributed by atoms with E-state index < -0.39 is 17.4 Å². The van der Waals surface area contributed by atoms with Crippen LogP contribution in [-0.2, 0) is 16.0 Å². The van der Waals surface area contributed by atoms with Crippen molar-refractivity contribution < 1.29 is 19.1 Å². The smallest absolute Gasteiger partial charge is 0.338 e. The molecule has 3 aromatic rings. The number of aromatic amines is 1. The van der Waals surface area contributed by atoms with Gasteiger partial charge in [-0.2, -0.15) is 0 Å².